The maximum atomic E-state index is 12.2. The fourth-order valence-electron chi connectivity index (χ4n) is 4.83. The van der Waals surface area contributed by atoms with Crippen LogP contribution in [0.2, 0.25) is 0 Å². The predicted molar refractivity (Wildman–Crippen MR) is 74.7 cm³/mol. The van der Waals surface area contributed by atoms with Crippen molar-refractivity contribution in [3.63, 3.8) is 0 Å². The number of likely N-dealkylation sites (tertiary alicyclic amines) is 1. The van der Waals surface area contributed by atoms with Gasteiger partial charge in [0.1, 0.15) is 0 Å². The summed E-state index contributed by atoms with van der Waals surface area (Å²) < 4.78 is 0. The van der Waals surface area contributed by atoms with Crippen molar-refractivity contribution in [3.05, 3.63) is 0 Å². The number of fused-ring (bicyclic) bond motifs is 2. The molecule has 3 saturated carbocycles. The second-order valence-corrected chi connectivity index (χ2v) is 7.42. The van der Waals surface area contributed by atoms with E-state index < -0.39 is 0 Å². The molecule has 3 heteroatoms. The summed E-state index contributed by atoms with van der Waals surface area (Å²) in [6, 6.07) is 1.29. The van der Waals surface area contributed by atoms with E-state index in [9.17, 15) is 4.79 Å². The molecule has 1 heterocycles. The molecule has 4 unspecified atom stereocenters. The highest BCUT2D eigenvalue weighted by molar-refractivity contribution is 5.76. The van der Waals surface area contributed by atoms with Gasteiger partial charge in [-0.25, -0.2) is 0 Å². The average Bonchev–Trinajstić information content (AvgIpc) is 2.83. The summed E-state index contributed by atoms with van der Waals surface area (Å²) in [4.78, 5) is 14.8. The highest BCUT2D eigenvalue weighted by atomic mass is 16.1. The summed E-state index contributed by atoms with van der Waals surface area (Å²) in [5, 5.41) is 3.30. The first-order chi connectivity index (χ1) is 9.28. The van der Waals surface area contributed by atoms with Gasteiger partial charge in [-0.2, -0.15) is 0 Å². The molecule has 4 aliphatic rings. The molecule has 1 aliphatic heterocycles. The summed E-state index contributed by atoms with van der Waals surface area (Å²) in [7, 11) is 0. The van der Waals surface area contributed by atoms with Crippen molar-refractivity contribution in [2.24, 2.45) is 17.8 Å². The van der Waals surface area contributed by atoms with Gasteiger partial charge in [0.25, 0.3) is 0 Å². The van der Waals surface area contributed by atoms with Crippen LogP contribution in [0.5, 0.6) is 0 Å². The van der Waals surface area contributed by atoms with Gasteiger partial charge in [0, 0.05) is 31.6 Å². The number of carbonyl (C=O) groups is 1. The molecule has 106 valence electrons. The SMILES string of the molecule is O=C(CC1CC2CCC1C2)NC1CCN(C2CC2)C1. The van der Waals surface area contributed by atoms with Gasteiger partial charge in [-0.3, -0.25) is 9.69 Å². The van der Waals surface area contributed by atoms with Gasteiger partial charge >= 0.3 is 0 Å². The molecule has 3 aliphatic carbocycles. The topological polar surface area (TPSA) is 32.3 Å². The van der Waals surface area contributed by atoms with E-state index in [2.05, 4.69) is 10.2 Å². The number of nitrogens with zero attached hydrogens (tertiary/aromatic N) is 1. The van der Waals surface area contributed by atoms with Crippen molar-refractivity contribution >= 4 is 5.91 Å². The van der Waals surface area contributed by atoms with E-state index in [0.717, 1.165) is 30.8 Å². The lowest BCUT2D eigenvalue weighted by molar-refractivity contribution is -0.123. The molecule has 4 atom stereocenters. The van der Waals surface area contributed by atoms with E-state index >= 15 is 0 Å². The third-order valence-corrected chi connectivity index (χ3v) is 5.98. The molecule has 4 rings (SSSR count). The monoisotopic (exact) mass is 262 g/mol. The Kier molecular flexibility index (Phi) is 3.06. The number of amides is 1. The maximum absolute atomic E-state index is 12.2. The van der Waals surface area contributed by atoms with E-state index in [1.807, 2.05) is 0 Å². The van der Waals surface area contributed by atoms with E-state index in [4.69, 9.17) is 0 Å². The minimum atomic E-state index is 0.334. The maximum Gasteiger partial charge on any atom is 0.220 e. The molecule has 4 fully saturated rings. The van der Waals surface area contributed by atoms with Gasteiger partial charge in [-0.1, -0.05) is 6.42 Å². The zero-order valence-corrected chi connectivity index (χ0v) is 11.8. The fraction of sp³-hybridized carbons (Fsp3) is 0.938. The normalized spacial score (nSPS) is 41.9. The predicted octanol–water partition coefficient (Wildman–Crippen LogP) is 2.17. The van der Waals surface area contributed by atoms with E-state index in [1.54, 1.807) is 0 Å². The summed E-state index contributed by atoms with van der Waals surface area (Å²) in [5.41, 5.74) is 0. The van der Waals surface area contributed by atoms with Gasteiger partial charge < -0.3 is 5.32 Å². The molecule has 1 amide bonds. The van der Waals surface area contributed by atoms with Crippen LogP contribution >= 0.6 is 0 Å². The molecule has 0 spiro atoms. The largest absolute Gasteiger partial charge is 0.352 e. The fourth-order valence-corrected chi connectivity index (χ4v) is 4.83. The molecule has 19 heavy (non-hydrogen) atoms. The Hall–Kier alpha value is -0.570. The lowest BCUT2D eigenvalue weighted by atomic mass is 9.86. The van der Waals surface area contributed by atoms with Crippen LogP contribution in [-0.2, 0) is 4.79 Å². The van der Waals surface area contributed by atoms with Crippen molar-refractivity contribution in [2.45, 2.75) is 63.5 Å². The van der Waals surface area contributed by atoms with Crippen LogP contribution in [0, 0.1) is 17.8 Å². The second-order valence-electron chi connectivity index (χ2n) is 7.42. The molecule has 3 nitrogen and oxygen atoms in total. The molecule has 0 radical (unpaired) electrons. The summed E-state index contributed by atoms with van der Waals surface area (Å²) in [5.74, 6) is 2.88. The Morgan fingerprint density at radius 2 is 2.00 bits per heavy atom. The van der Waals surface area contributed by atoms with Gasteiger partial charge in [-0.15, -0.1) is 0 Å². The van der Waals surface area contributed by atoms with Gasteiger partial charge in [0.2, 0.25) is 5.91 Å². The standard InChI is InChI=1S/C16H26N2O/c19-16(9-13-8-11-1-2-12(13)7-11)17-14-5-6-18(10-14)15-3-4-15/h11-15H,1-10H2,(H,17,19). The number of carbonyl (C=O) groups excluding carboxylic acids is 1. The lowest BCUT2D eigenvalue weighted by Gasteiger charge is -2.22. The Labute approximate surface area is 116 Å². The van der Waals surface area contributed by atoms with E-state index in [-0.39, 0.29) is 0 Å². The van der Waals surface area contributed by atoms with Crippen LogP contribution < -0.4 is 5.32 Å². The third kappa shape index (κ3) is 2.54. The molecule has 2 bridgehead atoms. The number of rotatable bonds is 4. The second kappa shape index (κ2) is 4.76. The van der Waals surface area contributed by atoms with Crippen LogP contribution in [-0.4, -0.2) is 36.0 Å². The van der Waals surface area contributed by atoms with Crippen molar-refractivity contribution < 1.29 is 4.79 Å². The highest BCUT2D eigenvalue weighted by Crippen LogP contribution is 2.49. The molecular weight excluding hydrogens is 236 g/mol. The number of nitrogens with one attached hydrogen (secondary N) is 1. The molecule has 0 aromatic heterocycles. The molecule has 1 N–H and O–H groups in total. The average molecular weight is 262 g/mol. The van der Waals surface area contributed by atoms with Crippen molar-refractivity contribution in [3.8, 4) is 0 Å². The summed E-state index contributed by atoms with van der Waals surface area (Å²) >= 11 is 0. The van der Waals surface area contributed by atoms with Gasteiger partial charge in [-0.05, 0) is 56.3 Å². The zero-order valence-electron chi connectivity index (χ0n) is 11.8. The van der Waals surface area contributed by atoms with Crippen LogP contribution in [0.3, 0.4) is 0 Å². The van der Waals surface area contributed by atoms with Crippen LogP contribution in [0.25, 0.3) is 0 Å². The first-order valence-corrected chi connectivity index (χ1v) is 8.31. The quantitative estimate of drug-likeness (QED) is 0.842. The zero-order chi connectivity index (χ0) is 12.8. The van der Waals surface area contributed by atoms with Crippen molar-refractivity contribution in [1.29, 1.82) is 0 Å². The van der Waals surface area contributed by atoms with Crippen LogP contribution in [0.4, 0.5) is 0 Å². The first kappa shape index (κ1) is 12.2. The lowest BCUT2D eigenvalue weighted by Crippen LogP contribution is -2.38. The summed E-state index contributed by atoms with van der Waals surface area (Å²) in [6.45, 7) is 2.30. The Morgan fingerprint density at radius 1 is 1.11 bits per heavy atom. The molecular formula is C16H26N2O. The molecule has 0 aromatic carbocycles. The van der Waals surface area contributed by atoms with Gasteiger partial charge in [0.15, 0.2) is 0 Å². The summed E-state index contributed by atoms with van der Waals surface area (Å²) in [6.07, 6.45) is 10.3. The van der Waals surface area contributed by atoms with Crippen molar-refractivity contribution in [2.75, 3.05) is 13.1 Å². The third-order valence-electron chi connectivity index (χ3n) is 5.98. The highest BCUT2D eigenvalue weighted by Gasteiger charge is 2.40. The minimum absolute atomic E-state index is 0.334. The Balaban J connectivity index is 1.23. The van der Waals surface area contributed by atoms with E-state index in [1.165, 1.54) is 51.5 Å². The van der Waals surface area contributed by atoms with Gasteiger partial charge in [0.05, 0.1) is 0 Å². The minimum Gasteiger partial charge on any atom is -0.352 e. The van der Waals surface area contributed by atoms with E-state index in [0.29, 0.717) is 17.9 Å². The molecule has 1 saturated heterocycles. The smallest absolute Gasteiger partial charge is 0.220 e. The van der Waals surface area contributed by atoms with Crippen molar-refractivity contribution in [1.82, 2.24) is 10.2 Å². The number of hydrogen-bond donors (Lipinski definition) is 1. The Bertz CT molecular complexity index is 366. The van der Waals surface area contributed by atoms with Crippen LogP contribution in [0.15, 0.2) is 0 Å². The number of hydrogen-bond acceptors (Lipinski definition) is 2. The van der Waals surface area contributed by atoms with Crippen LogP contribution in [0.1, 0.15) is 51.4 Å². The Morgan fingerprint density at radius 3 is 2.68 bits per heavy atom. The molecule has 0 aromatic rings. The first-order valence-electron chi connectivity index (χ1n) is 8.31.